The highest BCUT2D eigenvalue weighted by Crippen LogP contribution is 2.31. The first kappa shape index (κ1) is 16.1. The Morgan fingerprint density at radius 2 is 1.76 bits per heavy atom. The summed E-state index contributed by atoms with van der Waals surface area (Å²) in [5, 5.41) is 3.29. The SMILES string of the molecule is CNCC1CCN(Cc2cc(OC)c(OC)cc2C)CC1. The number of hydrogen-bond donors (Lipinski definition) is 1. The van der Waals surface area contributed by atoms with Gasteiger partial charge in [-0.2, -0.15) is 0 Å². The van der Waals surface area contributed by atoms with Gasteiger partial charge >= 0.3 is 0 Å². The summed E-state index contributed by atoms with van der Waals surface area (Å²) in [5.74, 6) is 2.47. The van der Waals surface area contributed by atoms with Crippen LogP contribution in [-0.4, -0.2) is 45.8 Å². The number of methoxy groups -OCH3 is 2. The molecule has 0 bridgehead atoms. The van der Waals surface area contributed by atoms with E-state index in [2.05, 4.69) is 29.3 Å². The molecule has 0 radical (unpaired) electrons. The fourth-order valence-electron chi connectivity index (χ4n) is 3.07. The number of nitrogens with zero attached hydrogens (tertiary/aromatic N) is 1. The van der Waals surface area contributed by atoms with Crippen molar-refractivity contribution in [3.05, 3.63) is 23.3 Å². The molecule has 0 unspecified atom stereocenters. The third kappa shape index (κ3) is 4.11. The Balaban J connectivity index is 2.00. The van der Waals surface area contributed by atoms with Crippen LogP contribution in [0.1, 0.15) is 24.0 Å². The van der Waals surface area contributed by atoms with Crippen LogP contribution in [0.25, 0.3) is 0 Å². The average molecular weight is 292 g/mol. The number of likely N-dealkylation sites (tertiary alicyclic amines) is 1. The molecule has 1 aromatic carbocycles. The van der Waals surface area contributed by atoms with E-state index in [1.54, 1.807) is 14.2 Å². The van der Waals surface area contributed by atoms with Gasteiger partial charge in [-0.1, -0.05) is 0 Å². The molecule has 4 heteroatoms. The maximum atomic E-state index is 5.42. The second kappa shape index (κ2) is 7.66. The zero-order valence-corrected chi connectivity index (χ0v) is 13.7. The van der Waals surface area contributed by atoms with Crippen LogP contribution in [0, 0.1) is 12.8 Å². The Morgan fingerprint density at radius 3 is 2.33 bits per heavy atom. The van der Waals surface area contributed by atoms with Crippen molar-refractivity contribution in [2.75, 3.05) is 40.9 Å². The van der Waals surface area contributed by atoms with Crippen LogP contribution in [0.15, 0.2) is 12.1 Å². The number of benzene rings is 1. The standard InChI is InChI=1S/C17H28N2O2/c1-13-9-16(20-3)17(21-4)10-15(13)12-19-7-5-14(6-8-19)11-18-2/h9-10,14,18H,5-8,11-12H2,1-4H3. The molecule has 2 rings (SSSR count). The van der Waals surface area contributed by atoms with Crippen LogP contribution in [0.2, 0.25) is 0 Å². The number of rotatable bonds is 6. The lowest BCUT2D eigenvalue weighted by Gasteiger charge is -2.32. The zero-order valence-electron chi connectivity index (χ0n) is 13.7. The Kier molecular flexibility index (Phi) is 5.88. The Labute approximate surface area is 128 Å². The van der Waals surface area contributed by atoms with Crippen molar-refractivity contribution in [2.24, 2.45) is 5.92 Å². The summed E-state index contributed by atoms with van der Waals surface area (Å²) in [4.78, 5) is 2.54. The quantitative estimate of drug-likeness (QED) is 0.873. The van der Waals surface area contributed by atoms with Crippen molar-refractivity contribution >= 4 is 0 Å². The molecule has 1 aliphatic heterocycles. The Morgan fingerprint density at radius 1 is 1.14 bits per heavy atom. The second-order valence-corrected chi connectivity index (χ2v) is 5.91. The number of ether oxygens (including phenoxy) is 2. The highest BCUT2D eigenvalue weighted by molar-refractivity contribution is 5.47. The van der Waals surface area contributed by atoms with Gasteiger partial charge in [0.2, 0.25) is 0 Å². The van der Waals surface area contributed by atoms with E-state index in [9.17, 15) is 0 Å². The first-order valence-electron chi connectivity index (χ1n) is 7.76. The molecular weight excluding hydrogens is 264 g/mol. The molecule has 1 aliphatic rings. The van der Waals surface area contributed by atoms with E-state index >= 15 is 0 Å². The molecule has 1 N–H and O–H groups in total. The highest BCUT2D eigenvalue weighted by atomic mass is 16.5. The maximum Gasteiger partial charge on any atom is 0.161 e. The van der Waals surface area contributed by atoms with Gasteiger partial charge in [0.15, 0.2) is 11.5 Å². The summed E-state index contributed by atoms with van der Waals surface area (Å²) in [5.41, 5.74) is 2.60. The molecule has 0 aromatic heterocycles. The van der Waals surface area contributed by atoms with E-state index < -0.39 is 0 Å². The molecule has 0 aliphatic carbocycles. The largest absolute Gasteiger partial charge is 0.493 e. The van der Waals surface area contributed by atoms with E-state index in [0.29, 0.717) is 0 Å². The van der Waals surface area contributed by atoms with Crippen molar-refractivity contribution in [2.45, 2.75) is 26.3 Å². The van der Waals surface area contributed by atoms with Crippen molar-refractivity contribution < 1.29 is 9.47 Å². The fourth-order valence-corrected chi connectivity index (χ4v) is 3.07. The second-order valence-electron chi connectivity index (χ2n) is 5.91. The lowest BCUT2D eigenvalue weighted by atomic mass is 9.96. The Hall–Kier alpha value is -1.26. The zero-order chi connectivity index (χ0) is 15.2. The molecule has 1 aromatic rings. The van der Waals surface area contributed by atoms with Crippen LogP contribution in [-0.2, 0) is 6.54 Å². The first-order valence-corrected chi connectivity index (χ1v) is 7.76. The fraction of sp³-hybridized carbons (Fsp3) is 0.647. The van der Waals surface area contributed by atoms with Gasteiger partial charge in [-0.3, -0.25) is 4.90 Å². The van der Waals surface area contributed by atoms with Crippen molar-refractivity contribution in [1.29, 1.82) is 0 Å². The lowest BCUT2D eigenvalue weighted by molar-refractivity contribution is 0.176. The first-order chi connectivity index (χ1) is 10.2. The molecule has 1 fully saturated rings. The summed E-state index contributed by atoms with van der Waals surface area (Å²) in [6.07, 6.45) is 2.57. The number of aryl methyl sites for hydroxylation is 1. The minimum Gasteiger partial charge on any atom is -0.493 e. The number of piperidine rings is 1. The van der Waals surface area contributed by atoms with Crippen LogP contribution in [0.4, 0.5) is 0 Å². The third-order valence-corrected chi connectivity index (χ3v) is 4.44. The van der Waals surface area contributed by atoms with Gasteiger partial charge in [-0.05, 0) is 75.6 Å². The van der Waals surface area contributed by atoms with Crippen LogP contribution in [0.5, 0.6) is 11.5 Å². The van der Waals surface area contributed by atoms with E-state index in [1.165, 1.54) is 37.1 Å². The monoisotopic (exact) mass is 292 g/mol. The van der Waals surface area contributed by atoms with Crippen molar-refractivity contribution in [1.82, 2.24) is 10.2 Å². The summed E-state index contributed by atoms with van der Waals surface area (Å²) < 4.78 is 10.8. The predicted molar refractivity (Wildman–Crippen MR) is 86.2 cm³/mol. The molecule has 0 amide bonds. The molecule has 1 saturated heterocycles. The van der Waals surface area contributed by atoms with Gasteiger partial charge < -0.3 is 14.8 Å². The van der Waals surface area contributed by atoms with E-state index in [0.717, 1.165) is 30.5 Å². The Bertz CT molecular complexity index is 454. The maximum absolute atomic E-state index is 5.42. The van der Waals surface area contributed by atoms with Gasteiger partial charge in [0.05, 0.1) is 14.2 Å². The van der Waals surface area contributed by atoms with E-state index in [-0.39, 0.29) is 0 Å². The van der Waals surface area contributed by atoms with E-state index in [1.807, 2.05) is 7.05 Å². The summed E-state index contributed by atoms with van der Waals surface area (Å²) in [6.45, 7) is 6.65. The van der Waals surface area contributed by atoms with Gasteiger partial charge in [-0.25, -0.2) is 0 Å². The van der Waals surface area contributed by atoms with Crippen molar-refractivity contribution in [3.63, 3.8) is 0 Å². The van der Waals surface area contributed by atoms with Gasteiger partial charge in [0.25, 0.3) is 0 Å². The topological polar surface area (TPSA) is 33.7 Å². The van der Waals surface area contributed by atoms with Crippen molar-refractivity contribution in [3.8, 4) is 11.5 Å². The van der Waals surface area contributed by atoms with Crippen LogP contribution < -0.4 is 14.8 Å². The minimum atomic E-state index is 0.812. The van der Waals surface area contributed by atoms with Gasteiger partial charge in [-0.15, -0.1) is 0 Å². The molecular formula is C17H28N2O2. The average Bonchev–Trinajstić information content (AvgIpc) is 2.51. The molecule has 0 atom stereocenters. The summed E-state index contributed by atoms with van der Waals surface area (Å²) >= 11 is 0. The van der Waals surface area contributed by atoms with E-state index in [4.69, 9.17) is 9.47 Å². The van der Waals surface area contributed by atoms with Gasteiger partial charge in [0, 0.05) is 6.54 Å². The van der Waals surface area contributed by atoms with Crippen LogP contribution >= 0.6 is 0 Å². The van der Waals surface area contributed by atoms with Crippen LogP contribution in [0.3, 0.4) is 0 Å². The third-order valence-electron chi connectivity index (χ3n) is 4.44. The molecule has 0 spiro atoms. The molecule has 0 saturated carbocycles. The number of hydrogen-bond acceptors (Lipinski definition) is 4. The number of nitrogens with one attached hydrogen (secondary N) is 1. The van der Waals surface area contributed by atoms with Gasteiger partial charge in [0.1, 0.15) is 0 Å². The predicted octanol–water partition coefficient (Wildman–Crippen LogP) is 2.44. The molecule has 1 heterocycles. The molecule has 118 valence electrons. The summed E-state index contributed by atoms with van der Waals surface area (Å²) in [6, 6.07) is 4.19. The normalized spacial score (nSPS) is 17.0. The minimum absolute atomic E-state index is 0.812. The lowest BCUT2D eigenvalue weighted by Crippen LogP contribution is -2.36. The molecule has 21 heavy (non-hydrogen) atoms. The highest BCUT2D eigenvalue weighted by Gasteiger charge is 2.19. The molecule has 4 nitrogen and oxygen atoms in total. The smallest absolute Gasteiger partial charge is 0.161 e. The summed E-state index contributed by atoms with van der Waals surface area (Å²) in [7, 11) is 5.42.